The molecular weight excluding hydrogens is 296 g/mol. The normalized spacial score (nSPS) is 10.7. The van der Waals surface area contributed by atoms with E-state index in [4.69, 9.17) is 4.74 Å². The number of esters is 1. The number of amides is 1. The summed E-state index contributed by atoms with van der Waals surface area (Å²) in [6, 6.07) is 3.40. The summed E-state index contributed by atoms with van der Waals surface area (Å²) in [5.41, 5.74) is -0.319. The molecule has 0 fully saturated rings. The number of carbonyl (C=O) groups is 2. The van der Waals surface area contributed by atoms with Crippen LogP contribution in [-0.2, 0) is 19.1 Å². The number of methoxy groups -OCH3 is 2. The monoisotopic (exact) mass is 313 g/mol. The van der Waals surface area contributed by atoms with Crippen LogP contribution in [0.4, 0.5) is 8.78 Å². The van der Waals surface area contributed by atoms with Crippen molar-refractivity contribution >= 4 is 18.0 Å². The summed E-state index contributed by atoms with van der Waals surface area (Å²) in [6.45, 7) is 0.0853. The SMILES string of the molecule is COCCN(CC(=O)OC)C(=O)C=Cc1c(F)cccc1F. The van der Waals surface area contributed by atoms with Crippen molar-refractivity contribution < 1.29 is 27.8 Å². The molecule has 0 aliphatic rings. The molecule has 1 aromatic rings. The second kappa shape index (κ2) is 8.89. The van der Waals surface area contributed by atoms with Crippen molar-refractivity contribution in [3.63, 3.8) is 0 Å². The molecule has 0 aliphatic carbocycles. The van der Waals surface area contributed by atoms with Crippen molar-refractivity contribution in [2.24, 2.45) is 0 Å². The minimum atomic E-state index is -0.777. The van der Waals surface area contributed by atoms with Crippen LogP contribution in [0.15, 0.2) is 24.3 Å². The molecular formula is C15H17F2NO4. The van der Waals surface area contributed by atoms with Crippen LogP contribution in [0.1, 0.15) is 5.56 Å². The third kappa shape index (κ3) is 5.25. The second-order valence-corrected chi connectivity index (χ2v) is 4.30. The first-order chi connectivity index (χ1) is 10.5. The van der Waals surface area contributed by atoms with Gasteiger partial charge in [-0.1, -0.05) is 6.07 Å². The number of carbonyl (C=O) groups excluding carboxylic acids is 2. The maximum absolute atomic E-state index is 13.5. The lowest BCUT2D eigenvalue weighted by atomic mass is 10.2. The van der Waals surface area contributed by atoms with E-state index in [2.05, 4.69) is 4.74 Å². The Morgan fingerprint density at radius 3 is 2.41 bits per heavy atom. The Kier molecular flexibility index (Phi) is 7.18. The highest BCUT2D eigenvalue weighted by Gasteiger charge is 2.15. The number of benzene rings is 1. The molecule has 0 radical (unpaired) electrons. The number of ether oxygens (including phenoxy) is 2. The van der Waals surface area contributed by atoms with Crippen LogP contribution < -0.4 is 0 Å². The number of halogens is 2. The van der Waals surface area contributed by atoms with Crippen molar-refractivity contribution in [1.82, 2.24) is 4.90 Å². The lowest BCUT2D eigenvalue weighted by Crippen LogP contribution is -2.37. The maximum Gasteiger partial charge on any atom is 0.325 e. The first kappa shape index (κ1) is 17.8. The van der Waals surface area contributed by atoms with E-state index >= 15 is 0 Å². The zero-order valence-corrected chi connectivity index (χ0v) is 12.3. The van der Waals surface area contributed by atoms with Gasteiger partial charge in [-0.2, -0.15) is 0 Å². The second-order valence-electron chi connectivity index (χ2n) is 4.30. The Hall–Kier alpha value is -2.28. The molecule has 1 aromatic carbocycles. The number of rotatable bonds is 7. The van der Waals surface area contributed by atoms with Gasteiger partial charge >= 0.3 is 5.97 Å². The average molecular weight is 313 g/mol. The van der Waals surface area contributed by atoms with Gasteiger partial charge in [0.05, 0.1) is 13.7 Å². The van der Waals surface area contributed by atoms with Gasteiger partial charge in [0.25, 0.3) is 0 Å². The lowest BCUT2D eigenvalue weighted by Gasteiger charge is -2.19. The van der Waals surface area contributed by atoms with Gasteiger partial charge in [0.1, 0.15) is 18.2 Å². The summed E-state index contributed by atoms with van der Waals surface area (Å²) in [5, 5.41) is 0. The van der Waals surface area contributed by atoms with Crippen LogP contribution in [0.25, 0.3) is 6.08 Å². The lowest BCUT2D eigenvalue weighted by molar-refractivity contribution is -0.145. The fourth-order valence-electron chi connectivity index (χ4n) is 1.62. The van der Waals surface area contributed by atoms with Gasteiger partial charge < -0.3 is 14.4 Å². The predicted molar refractivity (Wildman–Crippen MR) is 75.9 cm³/mol. The summed E-state index contributed by atoms with van der Waals surface area (Å²) in [7, 11) is 2.65. The third-order valence-corrected chi connectivity index (χ3v) is 2.82. The van der Waals surface area contributed by atoms with Crippen LogP contribution >= 0.6 is 0 Å². The van der Waals surface area contributed by atoms with Crippen molar-refractivity contribution in [2.75, 3.05) is 33.9 Å². The zero-order chi connectivity index (χ0) is 16.5. The minimum absolute atomic E-state index is 0.147. The van der Waals surface area contributed by atoms with Crippen LogP contribution in [0.3, 0.4) is 0 Å². The first-order valence-electron chi connectivity index (χ1n) is 6.46. The molecule has 1 amide bonds. The van der Waals surface area contributed by atoms with Crippen molar-refractivity contribution in [3.05, 3.63) is 41.5 Å². The summed E-state index contributed by atoms with van der Waals surface area (Å²) in [6.07, 6.45) is 2.03. The largest absolute Gasteiger partial charge is 0.468 e. The Morgan fingerprint density at radius 1 is 1.23 bits per heavy atom. The minimum Gasteiger partial charge on any atom is -0.468 e. The van der Waals surface area contributed by atoms with Crippen LogP contribution in [-0.4, -0.2) is 50.7 Å². The van der Waals surface area contributed by atoms with Gasteiger partial charge in [0.2, 0.25) is 5.91 Å². The van der Waals surface area contributed by atoms with Crippen LogP contribution in [0.5, 0.6) is 0 Å². The van der Waals surface area contributed by atoms with E-state index in [0.717, 1.165) is 29.2 Å². The van der Waals surface area contributed by atoms with E-state index in [1.807, 2.05) is 0 Å². The highest BCUT2D eigenvalue weighted by molar-refractivity contribution is 5.93. The van der Waals surface area contributed by atoms with Gasteiger partial charge in [-0.3, -0.25) is 9.59 Å². The molecule has 7 heteroatoms. The number of nitrogens with zero attached hydrogens (tertiary/aromatic N) is 1. The smallest absolute Gasteiger partial charge is 0.325 e. The molecule has 1 rings (SSSR count). The molecule has 5 nitrogen and oxygen atoms in total. The van der Waals surface area contributed by atoms with Gasteiger partial charge in [0.15, 0.2) is 0 Å². The van der Waals surface area contributed by atoms with E-state index in [0.29, 0.717) is 0 Å². The molecule has 0 saturated heterocycles. The Morgan fingerprint density at radius 2 is 1.86 bits per heavy atom. The number of hydrogen-bond donors (Lipinski definition) is 0. The van der Waals surface area contributed by atoms with Gasteiger partial charge in [-0.05, 0) is 18.2 Å². The van der Waals surface area contributed by atoms with Crippen LogP contribution in [0, 0.1) is 11.6 Å². The topological polar surface area (TPSA) is 55.8 Å². The third-order valence-electron chi connectivity index (χ3n) is 2.82. The van der Waals surface area contributed by atoms with E-state index in [1.54, 1.807) is 0 Å². The quantitative estimate of drug-likeness (QED) is 0.567. The Balaban J connectivity index is 2.85. The maximum atomic E-state index is 13.5. The van der Waals surface area contributed by atoms with Gasteiger partial charge in [-0.15, -0.1) is 0 Å². The van der Waals surface area contributed by atoms with Crippen molar-refractivity contribution in [2.45, 2.75) is 0 Å². The molecule has 0 aromatic heterocycles. The fraction of sp³-hybridized carbons (Fsp3) is 0.333. The van der Waals surface area contributed by atoms with Crippen molar-refractivity contribution in [1.29, 1.82) is 0 Å². The van der Waals surface area contributed by atoms with E-state index in [1.165, 1.54) is 20.3 Å². The first-order valence-corrected chi connectivity index (χ1v) is 6.46. The molecule has 22 heavy (non-hydrogen) atoms. The Labute approximate surface area is 127 Å². The molecule has 0 unspecified atom stereocenters. The standard InChI is InChI=1S/C15H17F2NO4/c1-21-9-8-18(10-15(20)22-2)14(19)7-6-11-12(16)4-3-5-13(11)17/h3-7H,8-10H2,1-2H3. The van der Waals surface area contributed by atoms with Gasteiger partial charge in [0, 0.05) is 25.3 Å². The molecule has 0 bridgehead atoms. The van der Waals surface area contributed by atoms with E-state index in [9.17, 15) is 18.4 Å². The molecule has 0 spiro atoms. The molecule has 0 aliphatic heterocycles. The predicted octanol–water partition coefficient (Wildman–Crippen LogP) is 1.63. The van der Waals surface area contributed by atoms with Crippen molar-refractivity contribution in [3.8, 4) is 0 Å². The fourth-order valence-corrected chi connectivity index (χ4v) is 1.62. The zero-order valence-electron chi connectivity index (χ0n) is 12.3. The van der Waals surface area contributed by atoms with E-state index < -0.39 is 23.5 Å². The number of hydrogen-bond acceptors (Lipinski definition) is 4. The highest BCUT2D eigenvalue weighted by Crippen LogP contribution is 2.13. The molecule has 0 N–H and O–H groups in total. The van der Waals surface area contributed by atoms with Gasteiger partial charge in [-0.25, -0.2) is 8.78 Å². The Bertz CT molecular complexity index is 540. The summed E-state index contributed by atoms with van der Waals surface area (Å²) < 4.78 is 36.3. The molecule has 120 valence electrons. The molecule has 0 atom stereocenters. The summed E-state index contributed by atoms with van der Waals surface area (Å²) in [4.78, 5) is 24.5. The summed E-state index contributed by atoms with van der Waals surface area (Å²) in [5.74, 6) is -2.74. The summed E-state index contributed by atoms with van der Waals surface area (Å²) >= 11 is 0. The van der Waals surface area contributed by atoms with Crippen LogP contribution in [0.2, 0.25) is 0 Å². The average Bonchev–Trinajstić information content (AvgIpc) is 2.50. The van der Waals surface area contributed by atoms with E-state index in [-0.39, 0.29) is 25.3 Å². The molecule has 0 heterocycles. The molecule has 0 saturated carbocycles. The highest BCUT2D eigenvalue weighted by atomic mass is 19.1.